The zero-order valence-corrected chi connectivity index (χ0v) is 8.24. The molecule has 72 valence electrons. The number of nitriles is 1. The van der Waals surface area contributed by atoms with Gasteiger partial charge in [0.25, 0.3) is 0 Å². The van der Waals surface area contributed by atoms with Crippen LogP contribution in [0.15, 0.2) is 29.4 Å². The number of oxime groups is 1. The van der Waals surface area contributed by atoms with Crippen molar-refractivity contribution in [2.45, 2.75) is 13.0 Å². The highest BCUT2D eigenvalue weighted by Crippen LogP contribution is 2.10. The van der Waals surface area contributed by atoms with E-state index in [0.717, 1.165) is 5.56 Å². The first-order valence-electron chi connectivity index (χ1n) is 4.08. The van der Waals surface area contributed by atoms with Crippen LogP contribution >= 0.6 is 11.6 Å². The Morgan fingerprint density at radius 3 is 2.79 bits per heavy atom. The minimum absolute atomic E-state index is 0.265. The van der Waals surface area contributed by atoms with Gasteiger partial charge in [0, 0.05) is 5.02 Å². The molecular formula is C10H9ClN2O. The van der Waals surface area contributed by atoms with Crippen LogP contribution in [0.5, 0.6) is 0 Å². The summed E-state index contributed by atoms with van der Waals surface area (Å²) in [6.07, 6.45) is 1.69. The van der Waals surface area contributed by atoms with Crippen LogP contribution in [0.3, 0.4) is 0 Å². The summed E-state index contributed by atoms with van der Waals surface area (Å²) in [7, 11) is 0. The summed E-state index contributed by atoms with van der Waals surface area (Å²) in [5.74, 6) is 0. The third kappa shape index (κ3) is 3.92. The number of nitrogens with zero attached hydrogens (tertiary/aromatic N) is 2. The third-order valence-corrected chi connectivity index (χ3v) is 1.73. The van der Waals surface area contributed by atoms with E-state index in [0.29, 0.717) is 11.6 Å². The van der Waals surface area contributed by atoms with Gasteiger partial charge >= 0.3 is 0 Å². The topological polar surface area (TPSA) is 45.4 Å². The van der Waals surface area contributed by atoms with Crippen LogP contribution in [0.1, 0.15) is 12.0 Å². The first-order chi connectivity index (χ1) is 6.83. The van der Waals surface area contributed by atoms with Crippen molar-refractivity contribution in [1.29, 1.82) is 5.26 Å². The van der Waals surface area contributed by atoms with Gasteiger partial charge in [0.1, 0.15) is 6.61 Å². The molecule has 0 amide bonds. The average molecular weight is 209 g/mol. The van der Waals surface area contributed by atoms with Gasteiger partial charge in [0.15, 0.2) is 0 Å². The van der Waals surface area contributed by atoms with Gasteiger partial charge in [0.05, 0.1) is 18.7 Å². The minimum Gasteiger partial charge on any atom is -0.391 e. The summed E-state index contributed by atoms with van der Waals surface area (Å²) in [6, 6.07) is 9.24. The SMILES string of the molecule is N#CC/C=N\OCc1ccc(Cl)cc1. The van der Waals surface area contributed by atoms with E-state index in [2.05, 4.69) is 5.16 Å². The zero-order valence-electron chi connectivity index (χ0n) is 7.48. The molecule has 0 spiro atoms. The van der Waals surface area contributed by atoms with Gasteiger partial charge in [-0.15, -0.1) is 0 Å². The molecule has 0 unspecified atom stereocenters. The van der Waals surface area contributed by atoms with Crippen LogP contribution in [-0.4, -0.2) is 6.21 Å². The molecule has 0 fully saturated rings. The Balaban J connectivity index is 2.32. The molecule has 0 saturated heterocycles. The van der Waals surface area contributed by atoms with Crippen LogP contribution in [-0.2, 0) is 11.4 Å². The predicted octanol–water partition coefficient (Wildman–Crippen LogP) is 2.76. The zero-order chi connectivity index (χ0) is 10.2. The summed E-state index contributed by atoms with van der Waals surface area (Å²) >= 11 is 5.71. The summed E-state index contributed by atoms with van der Waals surface area (Å²) in [6.45, 7) is 0.388. The van der Waals surface area contributed by atoms with E-state index in [1.165, 1.54) is 6.21 Å². The second-order valence-electron chi connectivity index (χ2n) is 2.55. The number of rotatable bonds is 4. The standard InChI is InChI=1S/C10H9ClN2O/c11-10-4-2-9(3-5-10)8-14-13-7-1-6-12/h2-5,7H,1,8H2/b13-7-. The molecule has 0 N–H and O–H groups in total. The molecular weight excluding hydrogens is 200 g/mol. The third-order valence-electron chi connectivity index (χ3n) is 1.48. The van der Waals surface area contributed by atoms with Crippen LogP contribution in [0, 0.1) is 11.3 Å². The largest absolute Gasteiger partial charge is 0.391 e. The van der Waals surface area contributed by atoms with E-state index in [4.69, 9.17) is 21.7 Å². The molecule has 1 rings (SSSR count). The Kier molecular flexibility index (Phi) is 4.53. The number of halogens is 1. The maximum Gasteiger partial charge on any atom is 0.142 e. The van der Waals surface area contributed by atoms with E-state index < -0.39 is 0 Å². The van der Waals surface area contributed by atoms with E-state index in [-0.39, 0.29) is 6.42 Å². The van der Waals surface area contributed by atoms with Gasteiger partial charge in [-0.1, -0.05) is 28.9 Å². The van der Waals surface area contributed by atoms with Crippen molar-refractivity contribution in [3.05, 3.63) is 34.9 Å². The van der Waals surface area contributed by atoms with Gasteiger partial charge in [-0.25, -0.2) is 0 Å². The molecule has 0 atom stereocenters. The molecule has 0 aliphatic carbocycles. The second-order valence-corrected chi connectivity index (χ2v) is 2.99. The van der Waals surface area contributed by atoms with Gasteiger partial charge in [0.2, 0.25) is 0 Å². The second kappa shape index (κ2) is 6.01. The van der Waals surface area contributed by atoms with Crippen molar-refractivity contribution in [2.75, 3.05) is 0 Å². The lowest BCUT2D eigenvalue weighted by atomic mass is 10.2. The Morgan fingerprint density at radius 2 is 2.14 bits per heavy atom. The van der Waals surface area contributed by atoms with Gasteiger partial charge in [-0.05, 0) is 17.7 Å². The summed E-state index contributed by atoms with van der Waals surface area (Å²) in [5.41, 5.74) is 0.989. The molecule has 0 heterocycles. The summed E-state index contributed by atoms with van der Waals surface area (Å²) in [4.78, 5) is 4.94. The molecule has 1 aromatic rings. The van der Waals surface area contributed by atoms with Crippen molar-refractivity contribution in [1.82, 2.24) is 0 Å². The molecule has 0 saturated carbocycles. The molecule has 0 aromatic heterocycles. The van der Waals surface area contributed by atoms with Crippen molar-refractivity contribution in [3.8, 4) is 6.07 Å². The predicted molar refractivity (Wildman–Crippen MR) is 55.0 cm³/mol. The van der Waals surface area contributed by atoms with Gasteiger partial charge in [-0.3, -0.25) is 0 Å². The fourth-order valence-electron chi connectivity index (χ4n) is 0.823. The Labute approximate surface area is 87.5 Å². The highest BCUT2D eigenvalue weighted by atomic mass is 35.5. The van der Waals surface area contributed by atoms with Crippen molar-refractivity contribution in [2.24, 2.45) is 5.16 Å². The van der Waals surface area contributed by atoms with Crippen LogP contribution in [0.25, 0.3) is 0 Å². The number of hydrogen-bond acceptors (Lipinski definition) is 3. The number of hydrogen-bond donors (Lipinski definition) is 0. The molecule has 0 radical (unpaired) electrons. The van der Waals surface area contributed by atoms with Crippen molar-refractivity contribution >= 4 is 17.8 Å². The van der Waals surface area contributed by atoms with Crippen LogP contribution < -0.4 is 0 Å². The monoisotopic (exact) mass is 208 g/mol. The highest BCUT2D eigenvalue weighted by Gasteiger charge is 1.91. The van der Waals surface area contributed by atoms with Crippen LogP contribution in [0.4, 0.5) is 0 Å². The smallest absolute Gasteiger partial charge is 0.142 e. The van der Waals surface area contributed by atoms with Crippen molar-refractivity contribution < 1.29 is 4.84 Å². The quantitative estimate of drug-likeness (QED) is 0.564. The molecule has 0 bridgehead atoms. The molecule has 3 nitrogen and oxygen atoms in total. The lowest BCUT2D eigenvalue weighted by Gasteiger charge is -1.98. The van der Waals surface area contributed by atoms with Crippen LogP contribution in [0.2, 0.25) is 5.02 Å². The first kappa shape index (κ1) is 10.6. The number of benzene rings is 1. The Morgan fingerprint density at radius 1 is 1.43 bits per heavy atom. The van der Waals surface area contributed by atoms with E-state index in [1.54, 1.807) is 12.1 Å². The van der Waals surface area contributed by atoms with E-state index in [1.807, 2.05) is 18.2 Å². The fraction of sp³-hybridized carbons (Fsp3) is 0.200. The van der Waals surface area contributed by atoms with Gasteiger partial charge in [-0.2, -0.15) is 5.26 Å². The molecule has 4 heteroatoms. The lowest BCUT2D eigenvalue weighted by molar-refractivity contribution is 0.131. The normalized spacial score (nSPS) is 10.0. The van der Waals surface area contributed by atoms with E-state index in [9.17, 15) is 0 Å². The maximum absolute atomic E-state index is 8.20. The Bertz CT molecular complexity index is 340. The lowest BCUT2D eigenvalue weighted by Crippen LogP contribution is -1.86. The summed E-state index contributed by atoms with van der Waals surface area (Å²) in [5, 5.41) is 12.5. The molecule has 14 heavy (non-hydrogen) atoms. The highest BCUT2D eigenvalue weighted by molar-refractivity contribution is 6.30. The summed E-state index contributed by atoms with van der Waals surface area (Å²) < 4.78 is 0. The Hall–Kier alpha value is -1.53. The molecule has 1 aromatic carbocycles. The van der Waals surface area contributed by atoms with E-state index >= 15 is 0 Å². The van der Waals surface area contributed by atoms with Gasteiger partial charge < -0.3 is 4.84 Å². The average Bonchev–Trinajstić information content (AvgIpc) is 2.21. The minimum atomic E-state index is 0.265. The maximum atomic E-state index is 8.20. The van der Waals surface area contributed by atoms with Crippen molar-refractivity contribution in [3.63, 3.8) is 0 Å². The molecule has 0 aliphatic heterocycles. The molecule has 0 aliphatic rings. The fourth-order valence-corrected chi connectivity index (χ4v) is 0.949. The first-order valence-corrected chi connectivity index (χ1v) is 4.46.